The van der Waals surface area contributed by atoms with Crippen LogP contribution >= 0.6 is 15.9 Å². The van der Waals surface area contributed by atoms with Gasteiger partial charge >= 0.3 is 0 Å². The number of furan rings is 1. The first-order valence-corrected chi connectivity index (χ1v) is 6.25. The molecule has 0 fully saturated rings. The van der Waals surface area contributed by atoms with Gasteiger partial charge < -0.3 is 14.9 Å². The highest BCUT2D eigenvalue weighted by Gasteiger charge is 2.09. The molecule has 0 bridgehead atoms. The van der Waals surface area contributed by atoms with Gasteiger partial charge in [0.2, 0.25) is 0 Å². The summed E-state index contributed by atoms with van der Waals surface area (Å²) in [6, 6.07) is 6.50. The molecule has 2 N–H and O–H groups in total. The van der Waals surface area contributed by atoms with Crippen molar-refractivity contribution in [2.45, 2.75) is 20.1 Å². The minimum atomic E-state index is -0.399. The van der Waals surface area contributed by atoms with E-state index in [0.717, 1.165) is 11.3 Å². The quantitative estimate of drug-likeness (QED) is 0.939. The molecule has 0 atom stereocenters. The predicted molar refractivity (Wildman–Crippen MR) is 69.8 cm³/mol. The Morgan fingerprint density at radius 3 is 2.78 bits per heavy atom. The van der Waals surface area contributed by atoms with Crippen molar-refractivity contribution in [3.05, 3.63) is 51.6 Å². The fourth-order valence-electron chi connectivity index (χ4n) is 1.58. The molecule has 1 aromatic carbocycles. The van der Waals surface area contributed by atoms with E-state index in [1.54, 1.807) is 12.1 Å². The van der Waals surface area contributed by atoms with Crippen LogP contribution in [0.2, 0.25) is 0 Å². The number of halogens is 2. The Morgan fingerprint density at radius 1 is 1.39 bits per heavy atom. The number of nitrogens with two attached hydrogens (primary N) is 1. The number of rotatable bonds is 4. The average molecular weight is 314 g/mol. The largest absolute Gasteiger partial charge is 0.486 e. The summed E-state index contributed by atoms with van der Waals surface area (Å²) >= 11 is 3.19. The van der Waals surface area contributed by atoms with Crippen LogP contribution < -0.4 is 10.5 Å². The molecule has 3 nitrogen and oxygen atoms in total. The van der Waals surface area contributed by atoms with E-state index in [4.69, 9.17) is 14.9 Å². The SMILES string of the molecule is Cc1oc(CN)cc1COc1ccc(Br)cc1F. The van der Waals surface area contributed by atoms with E-state index in [1.807, 2.05) is 13.0 Å². The monoisotopic (exact) mass is 313 g/mol. The molecule has 0 spiro atoms. The van der Waals surface area contributed by atoms with E-state index in [2.05, 4.69) is 15.9 Å². The van der Waals surface area contributed by atoms with Gasteiger partial charge in [0.15, 0.2) is 11.6 Å². The van der Waals surface area contributed by atoms with Gasteiger partial charge in [0, 0.05) is 10.0 Å². The average Bonchev–Trinajstić information content (AvgIpc) is 2.69. The summed E-state index contributed by atoms with van der Waals surface area (Å²) < 4.78 is 25.0. The Bertz CT molecular complexity index is 554. The smallest absolute Gasteiger partial charge is 0.166 e. The van der Waals surface area contributed by atoms with Crippen LogP contribution in [0.25, 0.3) is 0 Å². The second kappa shape index (κ2) is 5.54. The zero-order valence-corrected chi connectivity index (χ0v) is 11.5. The maximum Gasteiger partial charge on any atom is 0.166 e. The number of benzene rings is 1. The lowest BCUT2D eigenvalue weighted by Gasteiger charge is -2.06. The van der Waals surface area contributed by atoms with E-state index in [9.17, 15) is 4.39 Å². The standard InChI is InChI=1S/C13H13BrFNO2/c1-8-9(4-11(6-16)18-8)7-17-13-3-2-10(14)5-12(13)15/h2-5H,6-7,16H2,1H3. The van der Waals surface area contributed by atoms with Gasteiger partial charge in [0.1, 0.15) is 18.1 Å². The molecule has 0 saturated carbocycles. The first-order valence-electron chi connectivity index (χ1n) is 5.46. The highest BCUT2D eigenvalue weighted by molar-refractivity contribution is 9.10. The zero-order chi connectivity index (χ0) is 13.1. The third-order valence-electron chi connectivity index (χ3n) is 2.55. The highest BCUT2D eigenvalue weighted by atomic mass is 79.9. The number of hydrogen-bond acceptors (Lipinski definition) is 3. The summed E-state index contributed by atoms with van der Waals surface area (Å²) in [7, 11) is 0. The molecular weight excluding hydrogens is 301 g/mol. The molecule has 96 valence electrons. The van der Waals surface area contributed by atoms with Crippen molar-refractivity contribution >= 4 is 15.9 Å². The molecule has 1 heterocycles. The molecule has 18 heavy (non-hydrogen) atoms. The molecule has 2 aromatic rings. The molecule has 0 unspecified atom stereocenters. The third-order valence-corrected chi connectivity index (χ3v) is 3.04. The molecule has 0 amide bonds. The maximum atomic E-state index is 13.5. The molecule has 2 rings (SSSR count). The second-order valence-corrected chi connectivity index (χ2v) is 4.78. The Hall–Kier alpha value is -1.33. The van der Waals surface area contributed by atoms with Crippen molar-refractivity contribution in [3.8, 4) is 5.75 Å². The van der Waals surface area contributed by atoms with Crippen LogP contribution in [-0.4, -0.2) is 0 Å². The zero-order valence-electron chi connectivity index (χ0n) is 9.87. The minimum absolute atomic E-state index is 0.216. The van der Waals surface area contributed by atoms with Crippen LogP contribution in [-0.2, 0) is 13.2 Å². The van der Waals surface area contributed by atoms with Gasteiger partial charge in [-0.05, 0) is 31.2 Å². The Morgan fingerprint density at radius 2 is 2.17 bits per heavy atom. The molecule has 0 aliphatic carbocycles. The predicted octanol–water partition coefficient (Wildman–Crippen LogP) is 3.53. The van der Waals surface area contributed by atoms with E-state index in [-0.39, 0.29) is 12.4 Å². The van der Waals surface area contributed by atoms with Crippen molar-refractivity contribution in [2.75, 3.05) is 0 Å². The van der Waals surface area contributed by atoms with Gasteiger partial charge in [0.25, 0.3) is 0 Å². The van der Waals surface area contributed by atoms with Crippen LogP contribution in [0.15, 0.2) is 33.2 Å². The van der Waals surface area contributed by atoms with Crippen molar-refractivity contribution in [1.29, 1.82) is 0 Å². The lowest BCUT2D eigenvalue weighted by Crippen LogP contribution is -1.98. The van der Waals surface area contributed by atoms with Crippen LogP contribution in [0.4, 0.5) is 4.39 Å². The normalized spacial score (nSPS) is 10.7. The van der Waals surface area contributed by atoms with Crippen molar-refractivity contribution < 1.29 is 13.5 Å². The summed E-state index contributed by atoms with van der Waals surface area (Å²) in [4.78, 5) is 0. The lowest BCUT2D eigenvalue weighted by molar-refractivity contribution is 0.287. The molecule has 0 radical (unpaired) electrons. The van der Waals surface area contributed by atoms with Gasteiger partial charge in [-0.15, -0.1) is 0 Å². The third kappa shape index (κ3) is 2.91. The van der Waals surface area contributed by atoms with Gasteiger partial charge in [-0.2, -0.15) is 0 Å². The first kappa shape index (κ1) is 13.1. The summed E-state index contributed by atoms with van der Waals surface area (Å²) in [5.74, 6) is 1.26. The molecule has 0 aliphatic rings. The van der Waals surface area contributed by atoms with E-state index >= 15 is 0 Å². The van der Waals surface area contributed by atoms with Crippen LogP contribution in [0.1, 0.15) is 17.1 Å². The highest BCUT2D eigenvalue weighted by Crippen LogP contribution is 2.23. The van der Waals surface area contributed by atoms with Gasteiger partial charge in [-0.1, -0.05) is 15.9 Å². The summed E-state index contributed by atoms with van der Waals surface area (Å²) in [6.45, 7) is 2.43. The van der Waals surface area contributed by atoms with Gasteiger partial charge in [0.05, 0.1) is 6.54 Å². The Balaban J connectivity index is 2.08. The topological polar surface area (TPSA) is 48.4 Å². The van der Waals surface area contributed by atoms with Gasteiger partial charge in [-0.25, -0.2) is 4.39 Å². The van der Waals surface area contributed by atoms with Gasteiger partial charge in [-0.3, -0.25) is 0 Å². The lowest BCUT2D eigenvalue weighted by atomic mass is 10.2. The summed E-state index contributed by atoms with van der Waals surface area (Å²) in [6.07, 6.45) is 0. The van der Waals surface area contributed by atoms with Crippen LogP contribution in [0, 0.1) is 12.7 Å². The van der Waals surface area contributed by atoms with Crippen LogP contribution in [0.3, 0.4) is 0 Å². The van der Waals surface area contributed by atoms with Crippen molar-refractivity contribution in [3.63, 3.8) is 0 Å². The van der Waals surface area contributed by atoms with E-state index < -0.39 is 5.82 Å². The minimum Gasteiger partial charge on any atom is -0.486 e. The second-order valence-electron chi connectivity index (χ2n) is 3.86. The summed E-state index contributed by atoms with van der Waals surface area (Å²) in [5.41, 5.74) is 6.35. The first-order chi connectivity index (χ1) is 8.60. The van der Waals surface area contributed by atoms with E-state index in [1.165, 1.54) is 6.07 Å². The van der Waals surface area contributed by atoms with Crippen molar-refractivity contribution in [2.24, 2.45) is 5.73 Å². The fourth-order valence-corrected chi connectivity index (χ4v) is 1.91. The van der Waals surface area contributed by atoms with Crippen molar-refractivity contribution in [1.82, 2.24) is 0 Å². The number of ether oxygens (including phenoxy) is 1. The maximum absolute atomic E-state index is 13.5. The molecule has 5 heteroatoms. The summed E-state index contributed by atoms with van der Waals surface area (Å²) in [5, 5.41) is 0. The molecule has 0 aliphatic heterocycles. The Labute approximate surface area is 113 Å². The van der Waals surface area contributed by atoms with E-state index in [0.29, 0.717) is 16.8 Å². The molecular formula is C13H13BrFNO2. The Kier molecular flexibility index (Phi) is 4.04. The molecule has 0 saturated heterocycles. The molecule has 1 aromatic heterocycles. The number of aryl methyl sites for hydroxylation is 1. The number of hydrogen-bond donors (Lipinski definition) is 1. The fraction of sp³-hybridized carbons (Fsp3) is 0.231. The van der Waals surface area contributed by atoms with Crippen LogP contribution in [0.5, 0.6) is 5.75 Å².